The molecule has 0 aromatic rings. The summed E-state index contributed by atoms with van der Waals surface area (Å²) in [6.07, 6.45) is 4.77. The molecule has 82 valence electrons. The Kier molecular flexibility index (Phi) is 4.90. The summed E-state index contributed by atoms with van der Waals surface area (Å²) in [6.45, 7) is 3.31. The van der Waals surface area contributed by atoms with Crippen LogP contribution in [0.2, 0.25) is 0 Å². The van der Waals surface area contributed by atoms with Crippen molar-refractivity contribution in [3.8, 4) is 0 Å². The topological polar surface area (TPSA) is 58.6 Å². The average Bonchev–Trinajstić information content (AvgIpc) is 2.64. The summed E-state index contributed by atoms with van der Waals surface area (Å²) in [5, 5.41) is 11.6. The molecule has 0 amide bonds. The van der Waals surface area contributed by atoms with Crippen molar-refractivity contribution >= 4 is 5.97 Å². The molecule has 14 heavy (non-hydrogen) atoms. The largest absolute Gasteiger partial charge is 0.480 e. The molecule has 4 nitrogen and oxygen atoms in total. The molecule has 1 rings (SSSR count). The number of hydrogen-bond acceptors (Lipinski definition) is 3. The van der Waals surface area contributed by atoms with E-state index in [-0.39, 0.29) is 0 Å². The summed E-state index contributed by atoms with van der Waals surface area (Å²) in [5.41, 5.74) is 0. The fourth-order valence-corrected chi connectivity index (χ4v) is 1.61. The van der Waals surface area contributed by atoms with Crippen molar-refractivity contribution < 1.29 is 14.6 Å². The molecule has 0 spiro atoms. The summed E-state index contributed by atoms with van der Waals surface area (Å²) in [7, 11) is 0. The molecule has 2 N–H and O–H groups in total. The number of ether oxygens (including phenoxy) is 1. The van der Waals surface area contributed by atoms with Crippen LogP contribution < -0.4 is 5.32 Å². The van der Waals surface area contributed by atoms with Crippen LogP contribution in [-0.2, 0) is 9.53 Å². The Hall–Kier alpha value is -0.610. The zero-order valence-electron chi connectivity index (χ0n) is 8.66. The first-order valence-corrected chi connectivity index (χ1v) is 5.28. The Balaban J connectivity index is 1.95. The van der Waals surface area contributed by atoms with Crippen molar-refractivity contribution in [3.05, 3.63) is 0 Å². The van der Waals surface area contributed by atoms with E-state index in [2.05, 4.69) is 5.32 Å². The predicted molar refractivity (Wildman–Crippen MR) is 53.3 cm³/mol. The molecule has 0 radical (unpaired) electrons. The van der Waals surface area contributed by atoms with Gasteiger partial charge in [-0.05, 0) is 39.2 Å². The highest BCUT2D eigenvalue weighted by molar-refractivity contribution is 5.72. The number of aliphatic carboxylic acids is 1. The smallest absolute Gasteiger partial charge is 0.320 e. The van der Waals surface area contributed by atoms with Gasteiger partial charge in [0.05, 0.1) is 6.10 Å². The molecule has 0 aliphatic carbocycles. The Morgan fingerprint density at radius 1 is 1.71 bits per heavy atom. The Labute approximate surface area is 84.6 Å². The second kappa shape index (κ2) is 5.98. The minimum Gasteiger partial charge on any atom is -0.480 e. The highest BCUT2D eigenvalue weighted by Gasteiger charge is 2.15. The molecular formula is C10H19NO3. The molecule has 0 bridgehead atoms. The molecule has 0 aromatic heterocycles. The molecule has 1 aliphatic rings. The number of rotatable bonds is 6. The van der Waals surface area contributed by atoms with Gasteiger partial charge in [-0.25, -0.2) is 0 Å². The lowest BCUT2D eigenvalue weighted by Gasteiger charge is -2.11. The standard InChI is InChI=1S/C10H19NO3/c1-8(10(12)13)11-6-2-4-9-5-3-7-14-9/h8-9,11H,2-7H2,1H3,(H,12,13)/t8-,9?/m1/s1. The average molecular weight is 201 g/mol. The van der Waals surface area contributed by atoms with Gasteiger partial charge in [0.2, 0.25) is 0 Å². The van der Waals surface area contributed by atoms with E-state index < -0.39 is 12.0 Å². The van der Waals surface area contributed by atoms with Crippen molar-refractivity contribution in [2.45, 2.75) is 44.8 Å². The van der Waals surface area contributed by atoms with Crippen LogP contribution in [0.5, 0.6) is 0 Å². The summed E-state index contributed by atoms with van der Waals surface area (Å²) < 4.78 is 5.46. The second-order valence-electron chi connectivity index (χ2n) is 3.79. The van der Waals surface area contributed by atoms with Crippen molar-refractivity contribution in [3.63, 3.8) is 0 Å². The van der Waals surface area contributed by atoms with E-state index in [1.807, 2.05) is 0 Å². The van der Waals surface area contributed by atoms with Gasteiger partial charge in [-0.2, -0.15) is 0 Å². The normalized spacial score (nSPS) is 23.6. The quantitative estimate of drug-likeness (QED) is 0.630. The van der Waals surface area contributed by atoms with Gasteiger partial charge in [0.15, 0.2) is 0 Å². The number of carboxylic acid groups (broad SMARTS) is 1. The first-order chi connectivity index (χ1) is 6.70. The number of carbonyl (C=O) groups is 1. The minimum atomic E-state index is -0.790. The van der Waals surface area contributed by atoms with Crippen LogP contribution in [0, 0.1) is 0 Å². The van der Waals surface area contributed by atoms with Crippen LogP contribution in [-0.4, -0.2) is 36.4 Å². The van der Waals surface area contributed by atoms with Crippen molar-refractivity contribution in [1.82, 2.24) is 5.32 Å². The fraction of sp³-hybridized carbons (Fsp3) is 0.900. The van der Waals surface area contributed by atoms with Gasteiger partial charge in [-0.3, -0.25) is 4.79 Å². The van der Waals surface area contributed by atoms with Gasteiger partial charge < -0.3 is 15.2 Å². The maximum Gasteiger partial charge on any atom is 0.320 e. The second-order valence-corrected chi connectivity index (χ2v) is 3.79. The van der Waals surface area contributed by atoms with E-state index in [1.165, 1.54) is 6.42 Å². The Morgan fingerprint density at radius 3 is 3.07 bits per heavy atom. The van der Waals surface area contributed by atoms with E-state index in [9.17, 15) is 4.79 Å². The maximum absolute atomic E-state index is 10.5. The lowest BCUT2D eigenvalue weighted by atomic mass is 10.1. The van der Waals surface area contributed by atoms with E-state index in [0.29, 0.717) is 6.10 Å². The van der Waals surface area contributed by atoms with Crippen molar-refractivity contribution in [1.29, 1.82) is 0 Å². The number of hydrogen-bond donors (Lipinski definition) is 2. The third-order valence-corrected chi connectivity index (χ3v) is 2.55. The minimum absolute atomic E-state index is 0.414. The van der Waals surface area contributed by atoms with Gasteiger partial charge in [-0.15, -0.1) is 0 Å². The first-order valence-electron chi connectivity index (χ1n) is 5.28. The Morgan fingerprint density at radius 2 is 2.50 bits per heavy atom. The molecule has 0 aromatic carbocycles. The molecular weight excluding hydrogens is 182 g/mol. The van der Waals surface area contributed by atoms with Crippen LogP contribution in [0.4, 0.5) is 0 Å². The number of carboxylic acids is 1. The summed E-state index contributed by atoms with van der Waals surface area (Å²) in [5.74, 6) is -0.790. The third kappa shape index (κ3) is 4.07. The van der Waals surface area contributed by atoms with Crippen LogP contribution in [0.3, 0.4) is 0 Å². The summed E-state index contributed by atoms with van der Waals surface area (Å²) in [4.78, 5) is 10.5. The van der Waals surface area contributed by atoms with Crippen LogP contribution in [0.1, 0.15) is 32.6 Å². The zero-order valence-corrected chi connectivity index (χ0v) is 8.66. The van der Waals surface area contributed by atoms with E-state index in [4.69, 9.17) is 9.84 Å². The predicted octanol–water partition coefficient (Wildman–Crippen LogP) is 1.01. The summed E-state index contributed by atoms with van der Waals surface area (Å²) in [6, 6.07) is -0.445. The van der Waals surface area contributed by atoms with Gasteiger partial charge in [0, 0.05) is 6.61 Å². The van der Waals surface area contributed by atoms with Crippen LogP contribution >= 0.6 is 0 Å². The van der Waals surface area contributed by atoms with Crippen LogP contribution in [0.15, 0.2) is 0 Å². The van der Waals surface area contributed by atoms with Gasteiger partial charge in [0.1, 0.15) is 6.04 Å². The lowest BCUT2D eigenvalue weighted by molar-refractivity contribution is -0.138. The lowest BCUT2D eigenvalue weighted by Crippen LogP contribution is -2.34. The molecule has 1 heterocycles. The van der Waals surface area contributed by atoms with E-state index in [1.54, 1.807) is 6.92 Å². The first kappa shape index (κ1) is 11.5. The van der Waals surface area contributed by atoms with Gasteiger partial charge in [0.25, 0.3) is 0 Å². The van der Waals surface area contributed by atoms with Gasteiger partial charge in [-0.1, -0.05) is 0 Å². The van der Waals surface area contributed by atoms with E-state index >= 15 is 0 Å². The third-order valence-electron chi connectivity index (χ3n) is 2.55. The fourth-order valence-electron chi connectivity index (χ4n) is 1.61. The number of nitrogens with one attached hydrogen (secondary N) is 1. The molecule has 1 unspecified atom stereocenters. The zero-order chi connectivity index (χ0) is 10.4. The molecule has 1 fully saturated rings. The maximum atomic E-state index is 10.5. The highest BCUT2D eigenvalue weighted by Crippen LogP contribution is 2.16. The molecule has 0 saturated carbocycles. The molecule has 2 atom stereocenters. The Bertz CT molecular complexity index is 178. The van der Waals surface area contributed by atoms with E-state index in [0.717, 1.165) is 32.4 Å². The molecule has 4 heteroatoms. The van der Waals surface area contributed by atoms with Gasteiger partial charge >= 0.3 is 5.97 Å². The molecule has 1 saturated heterocycles. The highest BCUT2D eigenvalue weighted by atomic mass is 16.5. The monoisotopic (exact) mass is 201 g/mol. The molecule has 1 aliphatic heterocycles. The van der Waals surface area contributed by atoms with Crippen molar-refractivity contribution in [2.75, 3.05) is 13.2 Å². The SMILES string of the molecule is C[C@@H](NCCCC1CCCO1)C(=O)O. The van der Waals surface area contributed by atoms with Crippen molar-refractivity contribution in [2.24, 2.45) is 0 Å². The summed E-state index contributed by atoms with van der Waals surface area (Å²) >= 11 is 0. The van der Waals surface area contributed by atoms with Crippen LogP contribution in [0.25, 0.3) is 0 Å².